The number of nitrogens with zero attached hydrogens (tertiary/aromatic N) is 9. The van der Waals surface area contributed by atoms with Crippen molar-refractivity contribution in [3.63, 3.8) is 0 Å². The smallest absolute Gasteiger partial charge is 0.317 e. The highest BCUT2D eigenvalue weighted by atomic mass is 19.1. The molecule has 3 aromatic rings. The van der Waals surface area contributed by atoms with Crippen LogP contribution in [0.3, 0.4) is 0 Å². The number of ether oxygens (including phenoxy) is 4. The first-order valence-corrected chi connectivity index (χ1v) is 32.3. The summed E-state index contributed by atoms with van der Waals surface area (Å²) >= 11 is 0. The maximum absolute atomic E-state index is 14.6. The van der Waals surface area contributed by atoms with Gasteiger partial charge in [0.05, 0.1) is 56.5 Å². The molecule has 0 radical (unpaired) electrons. The number of carbonyl (C=O) groups is 9. The highest BCUT2D eigenvalue weighted by Crippen LogP contribution is 2.30. The Balaban J connectivity index is 0.904. The summed E-state index contributed by atoms with van der Waals surface area (Å²) in [6, 6.07) is 15.1. The number of benzene rings is 2. The minimum Gasteiger partial charge on any atom is -0.494 e. The summed E-state index contributed by atoms with van der Waals surface area (Å²) in [7, 11) is 0. The number of alkyl halides is 1. The van der Waals surface area contributed by atoms with Crippen LogP contribution in [0.4, 0.5) is 4.39 Å². The number of aryl methyl sites for hydroxylation is 2. The molecule has 510 valence electrons. The molecule has 3 fully saturated rings. The van der Waals surface area contributed by atoms with E-state index in [4.69, 9.17) is 18.9 Å². The number of nitrogens with one attached hydrogen (secondary N) is 4. The number of aromatic nitrogens is 1. The molecule has 27 nitrogen and oxygen atoms in total. The lowest BCUT2D eigenvalue weighted by Gasteiger charge is -2.34. The van der Waals surface area contributed by atoms with Gasteiger partial charge in [-0.2, -0.15) is 5.26 Å². The third-order valence-corrected chi connectivity index (χ3v) is 16.6. The number of piperazine rings is 1. The monoisotopic (exact) mass is 1300 g/mol. The Kier molecular flexibility index (Phi) is 32.1. The van der Waals surface area contributed by atoms with Crippen molar-refractivity contribution >= 4 is 65.3 Å². The number of hydrogen-bond donors (Lipinski definition) is 5. The lowest BCUT2D eigenvalue weighted by atomic mass is 10.1. The Morgan fingerprint density at radius 3 is 2.05 bits per heavy atom. The van der Waals surface area contributed by atoms with Crippen LogP contribution in [-0.4, -0.2) is 274 Å². The van der Waals surface area contributed by atoms with Gasteiger partial charge in [-0.05, 0) is 95.2 Å². The van der Waals surface area contributed by atoms with Gasteiger partial charge in [0, 0.05) is 129 Å². The number of halogens is 1. The summed E-state index contributed by atoms with van der Waals surface area (Å²) in [5, 5.41) is 31.0. The zero-order chi connectivity index (χ0) is 66.8. The van der Waals surface area contributed by atoms with Crippen LogP contribution < -0.4 is 26.0 Å². The van der Waals surface area contributed by atoms with Gasteiger partial charge in [-0.25, -0.2) is 4.39 Å². The van der Waals surface area contributed by atoms with E-state index in [1.807, 2.05) is 44.7 Å². The first kappa shape index (κ1) is 74.1. The number of pyridine rings is 1. The van der Waals surface area contributed by atoms with Gasteiger partial charge >= 0.3 is 5.97 Å². The molecule has 6 rings (SSSR count). The second kappa shape index (κ2) is 40.2. The Morgan fingerprint density at radius 2 is 1.39 bits per heavy atom. The van der Waals surface area contributed by atoms with Crippen LogP contribution in [-0.2, 0) is 59.0 Å². The zero-order valence-electron chi connectivity index (χ0n) is 53.9. The van der Waals surface area contributed by atoms with Crippen molar-refractivity contribution in [3.05, 3.63) is 71.4 Å². The number of fused-ring (bicyclic) bond motifs is 1. The van der Waals surface area contributed by atoms with Gasteiger partial charge in [0.2, 0.25) is 29.5 Å². The van der Waals surface area contributed by atoms with Crippen molar-refractivity contribution in [1.29, 1.82) is 5.26 Å². The van der Waals surface area contributed by atoms with Gasteiger partial charge in [-0.3, -0.25) is 72.6 Å². The molecule has 28 heteroatoms. The molecule has 1 aromatic heterocycles. The van der Waals surface area contributed by atoms with Gasteiger partial charge < -0.3 is 55.1 Å². The van der Waals surface area contributed by atoms with Gasteiger partial charge in [0.25, 0.3) is 18.9 Å². The fourth-order valence-corrected chi connectivity index (χ4v) is 11.3. The third-order valence-electron chi connectivity index (χ3n) is 16.6. The van der Waals surface area contributed by atoms with Gasteiger partial charge in [0.1, 0.15) is 37.0 Å². The number of amides is 6. The summed E-state index contributed by atoms with van der Waals surface area (Å²) in [6.45, 7) is 10.7. The van der Waals surface area contributed by atoms with E-state index < -0.39 is 47.4 Å². The van der Waals surface area contributed by atoms with E-state index >= 15 is 0 Å². The lowest BCUT2D eigenvalue weighted by Crippen LogP contribution is -2.52. The normalized spacial score (nSPS) is 18.5. The van der Waals surface area contributed by atoms with Crippen LogP contribution in [0.25, 0.3) is 10.9 Å². The average molecular weight is 1300 g/mol. The van der Waals surface area contributed by atoms with E-state index in [-0.39, 0.29) is 97.1 Å². The predicted molar refractivity (Wildman–Crippen MR) is 341 cm³/mol. The number of likely N-dealkylation sites (tertiary alicyclic amines) is 1. The fraction of sp³-hybridized carbons (Fsp3) is 0.615. The van der Waals surface area contributed by atoms with Crippen LogP contribution in [0.2, 0.25) is 0 Å². The van der Waals surface area contributed by atoms with E-state index in [0.29, 0.717) is 139 Å². The van der Waals surface area contributed by atoms with Crippen molar-refractivity contribution in [1.82, 2.24) is 60.6 Å². The van der Waals surface area contributed by atoms with Crippen molar-refractivity contribution in [2.45, 2.75) is 102 Å². The predicted octanol–water partition coefficient (Wildman–Crippen LogP) is 1.70. The number of hydrogen-bond acceptors (Lipinski definition) is 20. The van der Waals surface area contributed by atoms with E-state index in [1.165, 1.54) is 24.2 Å². The van der Waals surface area contributed by atoms with E-state index in [1.54, 1.807) is 29.2 Å². The van der Waals surface area contributed by atoms with Crippen LogP contribution in [0.5, 0.6) is 5.75 Å². The molecule has 2 aromatic carbocycles. The summed E-state index contributed by atoms with van der Waals surface area (Å²) in [6.07, 6.45) is 7.32. The molecule has 0 saturated carbocycles. The molecule has 3 saturated heterocycles. The van der Waals surface area contributed by atoms with Crippen molar-refractivity contribution < 1.29 is 71.6 Å². The number of aliphatic carboxylic acids is 1. The summed E-state index contributed by atoms with van der Waals surface area (Å²) < 4.78 is 36.6. The molecular formula is C65H94FN13O14. The first-order valence-electron chi connectivity index (χ1n) is 32.3. The number of carbonyl (C=O) groups excluding carboxylic acids is 8. The molecule has 5 N–H and O–H groups in total. The minimum absolute atomic E-state index is 0.00596. The van der Waals surface area contributed by atoms with Crippen molar-refractivity contribution in [2.24, 2.45) is 0 Å². The number of carboxylic acid groups (broad SMARTS) is 1. The second-order valence-electron chi connectivity index (χ2n) is 24.1. The second-order valence-corrected chi connectivity index (χ2v) is 24.1. The topological polar surface area (TPSA) is 318 Å². The average Bonchev–Trinajstić information content (AvgIpc) is 1.65. The van der Waals surface area contributed by atoms with Gasteiger partial charge in [-0.15, -0.1) is 0 Å². The molecule has 6 amide bonds. The molecule has 93 heavy (non-hydrogen) atoms. The van der Waals surface area contributed by atoms with Crippen LogP contribution in [0, 0.1) is 18.3 Å². The van der Waals surface area contributed by atoms with Crippen molar-refractivity contribution in [3.8, 4) is 11.8 Å². The molecule has 0 aliphatic carbocycles. The van der Waals surface area contributed by atoms with Crippen LogP contribution in [0.15, 0.2) is 54.7 Å². The van der Waals surface area contributed by atoms with Crippen LogP contribution >= 0.6 is 0 Å². The Labute approximate surface area is 543 Å². The Hall–Kier alpha value is -7.94. The molecule has 3 aliphatic heterocycles. The van der Waals surface area contributed by atoms with E-state index in [2.05, 4.69) is 43.3 Å². The maximum Gasteiger partial charge on any atom is 0.317 e. The molecule has 4 heterocycles. The molecule has 0 spiro atoms. The molecular weight excluding hydrogens is 1210 g/mol. The van der Waals surface area contributed by atoms with Crippen molar-refractivity contribution in [2.75, 3.05) is 158 Å². The van der Waals surface area contributed by atoms with E-state index in [0.717, 1.165) is 43.8 Å². The number of nitriles is 1. The molecule has 0 bridgehead atoms. The number of unbranched alkanes of at least 4 members (excludes halogenated alkanes) is 3. The lowest BCUT2D eigenvalue weighted by molar-refractivity contribution is -0.139. The summed E-state index contributed by atoms with van der Waals surface area (Å²) in [5.41, 5.74) is 1.53. The standard InChI is InChI=1S/C65H94FN13O14/c1-50-12-14-51(15-13-50)9-8-10-58(82)69-22-38-90-37-19-57(72-59(83)43-74-24-25-75(44-62(86)87)27-29-77(47-92-49-81)31-30-76(28-26-74)46-91-48-80)64(89)70-20-5-3-4-11-60(84)78-34-32-73(33-35-78)23-6-7-36-93-53-16-17-56-55(39-53)54(18-21-68-56)63(88)71-42-61(85)79-45-65(2,66)40-52(79)41-67/h12-18,21,39,48-49,52,57H,3-11,19-20,22-38,40,42-47H2,1-2H3,(H,69,82)(H,70,89)(H,71,88)(H,72,83)(H,86,87)/t52-,57?,65?/m1/s1. The van der Waals surface area contributed by atoms with Crippen LogP contribution in [0.1, 0.15) is 92.6 Å². The zero-order valence-corrected chi connectivity index (χ0v) is 53.9. The minimum atomic E-state index is -1.67. The fourth-order valence-electron chi connectivity index (χ4n) is 11.3. The van der Waals surface area contributed by atoms with E-state index in [9.17, 15) is 57.9 Å². The first-order chi connectivity index (χ1) is 44.9. The molecule has 3 atom stereocenters. The molecule has 3 aliphatic rings. The highest BCUT2D eigenvalue weighted by Gasteiger charge is 2.43. The Morgan fingerprint density at radius 1 is 0.720 bits per heavy atom. The summed E-state index contributed by atoms with van der Waals surface area (Å²) in [5.74, 6) is -2.38. The van der Waals surface area contributed by atoms with Gasteiger partial charge in [-0.1, -0.05) is 36.2 Å². The summed E-state index contributed by atoms with van der Waals surface area (Å²) in [4.78, 5) is 131. The van der Waals surface area contributed by atoms with Gasteiger partial charge in [0.15, 0.2) is 0 Å². The Bertz CT molecular complexity index is 2930. The third kappa shape index (κ3) is 27.3. The number of rotatable bonds is 37. The molecule has 2 unspecified atom stereocenters. The number of carboxylic acids is 1. The maximum atomic E-state index is 14.6. The quantitative estimate of drug-likeness (QED) is 0.0405. The SMILES string of the molecule is Cc1ccc(CCCC(=O)NCCOCCC(NC(=O)CN2CCN(COC=O)CCN(COC=O)CCN(CC(=O)O)CC2)C(=O)NCCCCCC(=O)N2CCN(CCCCOc3ccc4nccc(C(=O)NCC(=O)N5CC(C)(F)C[C@@H]5C#N)c4c3)CC2)cc1. The largest absolute Gasteiger partial charge is 0.494 e. The highest BCUT2D eigenvalue weighted by molar-refractivity contribution is 6.07.